The molecule has 0 aromatic carbocycles. The maximum absolute atomic E-state index is 11.4. The van der Waals surface area contributed by atoms with Crippen LogP contribution in [0.5, 0.6) is 0 Å². The normalized spacial score (nSPS) is 36.1. The molecule has 3 unspecified atom stereocenters. The molecule has 1 saturated heterocycles. The fraction of sp³-hybridized carbons (Fsp3) is 1.00. The Morgan fingerprint density at radius 1 is 1.17 bits per heavy atom. The third-order valence-electron chi connectivity index (χ3n) is 4.67. The van der Waals surface area contributed by atoms with Gasteiger partial charge < -0.3 is 5.32 Å². The van der Waals surface area contributed by atoms with E-state index in [9.17, 15) is 8.42 Å². The van der Waals surface area contributed by atoms with E-state index in [0.717, 1.165) is 24.8 Å². The molecule has 0 radical (unpaired) electrons. The van der Waals surface area contributed by atoms with Crippen molar-refractivity contribution in [3.63, 3.8) is 0 Å². The van der Waals surface area contributed by atoms with Crippen molar-refractivity contribution in [2.24, 2.45) is 17.8 Å². The quantitative estimate of drug-likeness (QED) is 0.854. The van der Waals surface area contributed by atoms with Crippen molar-refractivity contribution in [3.8, 4) is 0 Å². The highest BCUT2D eigenvalue weighted by Gasteiger charge is 2.31. The largest absolute Gasteiger partial charge is 0.313 e. The lowest BCUT2D eigenvalue weighted by atomic mass is 9.77. The molecule has 1 saturated carbocycles. The predicted octanol–water partition coefficient (Wildman–Crippen LogP) is 2.23. The molecule has 2 rings (SSSR count). The summed E-state index contributed by atoms with van der Waals surface area (Å²) in [4.78, 5) is 0. The van der Waals surface area contributed by atoms with Gasteiger partial charge in [0.2, 0.25) is 0 Å². The first-order valence-corrected chi connectivity index (χ1v) is 9.24. The number of hydrogen-bond donors (Lipinski definition) is 1. The lowest BCUT2D eigenvalue weighted by Gasteiger charge is -2.35. The Morgan fingerprint density at radius 3 is 2.50 bits per heavy atom. The Hall–Kier alpha value is -0.0900. The number of hydrogen-bond acceptors (Lipinski definition) is 3. The fourth-order valence-corrected chi connectivity index (χ4v) is 5.42. The van der Waals surface area contributed by atoms with E-state index in [-0.39, 0.29) is 0 Å². The first-order chi connectivity index (χ1) is 8.48. The minimum atomic E-state index is -2.72. The van der Waals surface area contributed by atoms with Crippen LogP contribution in [0.3, 0.4) is 0 Å². The zero-order chi connectivity index (χ0) is 13.2. The van der Waals surface area contributed by atoms with Crippen molar-refractivity contribution in [3.05, 3.63) is 0 Å². The van der Waals surface area contributed by atoms with Crippen molar-refractivity contribution >= 4 is 9.84 Å². The van der Waals surface area contributed by atoms with Crippen LogP contribution >= 0.6 is 0 Å². The third-order valence-corrected chi connectivity index (χ3v) is 6.51. The summed E-state index contributed by atoms with van der Waals surface area (Å²) in [6.07, 6.45) is 6.14. The Kier molecular flexibility index (Phi) is 4.70. The summed E-state index contributed by atoms with van der Waals surface area (Å²) in [5.74, 6) is 2.66. The molecule has 3 nitrogen and oxygen atoms in total. The van der Waals surface area contributed by atoms with Crippen LogP contribution in [0.4, 0.5) is 0 Å². The van der Waals surface area contributed by atoms with Gasteiger partial charge in [0, 0.05) is 6.04 Å². The van der Waals surface area contributed by atoms with E-state index in [1.165, 1.54) is 25.7 Å². The lowest BCUT2D eigenvalue weighted by molar-refractivity contribution is 0.201. The highest BCUT2D eigenvalue weighted by atomic mass is 32.2. The van der Waals surface area contributed by atoms with Crippen molar-refractivity contribution < 1.29 is 8.42 Å². The van der Waals surface area contributed by atoms with E-state index >= 15 is 0 Å². The molecule has 4 heteroatoms. The molecule has 2 fully saturated rings. The van der Waals surface area contributed by atoms with Crippen LogP contribution < -0.4 is 5.32 Å². The smallest absolute Gasteiger partial charge is 0.150 e. The fourth-order valence-electron chi connectivity index (χ4n) is 3.56. The summed E-state index contributed by atoms with van der Waals surface area (Å²) in [7, 11) is -2.72. The standard InChI is InChI=1S/C14H27NO2S/c1-11(2)13-5-3-4-6-14(13)15-9-12-7-8-18(16,17)10-12/h11-15H,3-10H2,1-2H3. The minimum Gasteiger partial charge on any atom is -0.313 e. The first-order valence-electron chi connectivity index (χ1n) is 7.42. The van der Waals surface area contributed by atoms with Gasteiger partial charge in [-0.1, -0.05) is 26.7 Å². The van der Waals surface area contributed by atoms with Crippen molar-refractivity contribution in [2.75, 3.05) is 18.1 Å². The Bertz CT molecular complexity index is 364. The summed E-state index contributed by atoms with van der Waals surface area (Å²) < 4.78 is 22.9. The summed E-state index contributed by atoms with van der Waals surface area (Å²) in [6.45, 7) is 5.52. The molecule has 1 aliphatic heterocycles. The number of nitrogens with one attached hydrogen (secondary N) is 1. The molecule has 1 aliphatic carbocycles. The zero-order valence-electron chi connectivity index (χ0n) is 11.7. The number of rotatable bonds is 4. The molecule has 0 aromatic heterocycles. The van der Waals surface area contributed by atoms with E-state index < -0.39 is 9.84 Å². The van der Waals surface area contributed by atoms with Crippen LogP contribution in [0.25, 0.3) is 0 Å². The van der Waals surface area contributed by atoms with Gasteiger partial charge in [-0.15, -0.1) is 0 Å². The average Bonchev–Trinajstić information content (AvgIpc) is 2.66. The van der Waals surface area contributed by atoms with Gasteiger partial charge in [-0.2, -0.15) is 0 Å². The van der Waals surface area contributed by atoms with E-state index in [1.807, 2.05) is 0 Å². The summed E-state index contributed by atoms with van der Waals surface area (Å²) in [5.41, 5.74) is 0. The molecule has 2 aliphatic rings. The maximum Gasteiger partial charge on any atom is 0.150 e. The first kappa shape index (κ1) is 14.3. The molecule has 106 valence electrons. The number of sulfone groups is 1. The maximum atomic E-state index is 11.4. The van der Waals surface area contributed by atoms with Gasteiger partial charge >= 0.3 is 0 Å². The van der Waals surface area contributed by atoms with Gasteiger partial charge in [-0.3, -0.25) is 0 Å². The van der Waals surface area contributed by atoms with Crippen LogP contribution in [-0.2, 0) is 9.84 Å². The van der Waals surface area contributed by atoms with E-state index in [4.69, 9.17) is 0 Å². The predicted molar refractivity (Wildman–Crippen MR) is 75.3 cm³/mol. The molecular weight excluding hydrogens is 246 g/mol. The minimum absolute atomic E-state index is 0.352. The second-order valence-corrected chi connectivity index (χ2v) is 8.70. The van der Waals surface area contributed by atoms with Gasteiger partial charge in [0.05, 0.1) is 11.5 Å². The van der Waals surface area contributed by atoms with E-state index in [1.54, 1.807) is 0 Å². The van der Waals surface area contributed by atoms with Gasteiger partial charge in [-0.05, 0) is 43.6 Å². The molecule has 1 N–H and O–H groups in total. The van der Waals surface area contributed by atoms with Crippen LogP contribution in [0.1, 0.15) is 46.0 Å². The summed E-state index contributed by atoms with van der Waals surface area (Å²) >= 11 is 0. The molecule has 0 spiro atoms. The Labute approximate surface area is 112 Å². The molecular formula is C14H27NO2S. The van der Waals surface area contributed by atoms with Gasteiger partial charge in [0.25, 0.3) is 0 Å². The second kappa shape index (κ2) is 5.91. The van der Waals surface area contributed by atoms with E-state index in [2.05, 4.69) is 19.2 Å². The monoisotopic (exact) mass is 273 g/mol. The molecule has 0 bridgehead atoms. The van der Waals surface area contributed by atoms with Crippen molar-refractivity contribution in [1.82, 2.24) is 5.32 Å². The summed E-state index contributed by atoms with van der Waals surface area (Å²) in [6, 6.07) is 0.613. The molecule has 1 heterocycles. The van der Waals surface area contributed by atoms with Crippen LogP contribution in [-0.4, -0.2) is 32.5 Å². The Morgan fingerprint density at radius 2 is 1.89 bits per heavy atom. The van der Waals surface area contributed by atoms with Crippen LogP contribution in [0.2, 0.25) is 0 Å². The molecule has 0 amide bonds. The topological polar surface area (TPSA) is 46.2 Å². The Balaban J connectivity index is 1.81. The summed E-state index contributed by atoms with van der Waals surface area (Å²) in [5, 5.41) is 3.67. The zero-order valence-corrected chi connectivity index (χ0v) is 12.5. The lowest BCUT2D eigenvalue weighted by Crippen LogP contribution is -2.43. The van der Waals surface area contributed by atoms with Gasteiger partial charge in [0.15, 0.2) is 9.84 Å². The van der Waals surface area contributed by atoms with Crippen LogP contribution in [0, 0.1) is 17.8 Å². The van der Waals surface area contributed by atoms with Crippen molar-refractivity contribution in [1.29, 1.82) is 0 Å². The van der Waals surface area contributed by atoms with Crippen molar-refractivity contribution in [2.45, 2.75) is 52.0 Å². The van der Waals surface area contributed by atoms with E-state index in [0.29, 0.717) is 23.5 Å². The van der Waals surface area contributed by atoms with Crippen LogP contribution in [0.15, 0.2) is 0 Å². The highest BCUT2D eigenvalue weighted by molar-refractivity contribution is 7.91. The second-order valence-electron chi connectivity index (χ2n) is 6.48. The SMILES string of the molecule is CC(C)C1CCCCC1NCC1CCS(=O)(=O)C1. The highest BCUT2D eigenvalue weighted by Crippen LogP contribution is 2.30. The average molecular weight is 273 g/mol. The van der Waals surface area contributed by atoms with Gasteiger partial charge in [0.1, 0.15) is 0 Å². The third kappa shape index (κ3) is 3.70. The van der Waals surface area contributed by atoms with Gasteiger partial charge in [-0.25, -0.2) is 8.42 Å². The molecule has 0 aromatic rings. The molecule has 3 atom stereocenters. The molecule has 18 heavy (non-hydrogen) atoms.